The Kier molecular flexibility index (Phi) is 3.57. The first-order chi connectivity index (χ1) is 8.78. The van der Waals surface area contributed by atoms with Crippen LogP contribution in [0, 0.1) is 0 Å². The summed E-state index contributed by atoms with van der Waals surface area (Å²) in [6.07, 6.45) is 1.28. The van der Waals surface area contributed by atoms with Crippen molar-refractivity contribution in [1.82, 2.24) is 5.32 Å². The molecule has 1 aromatic carbocycles. The minimum absolute atomic E-state index is 0.0919. The van der Waals surface area contributed by atoms with Gasteiger partial charge in [0.2, 0.25) is 0 Å². The van der Waals surface area contributed by atoms with Crippen LogP contribution in [0.1, 0.15) is 12.0 Å². The third-order valence-corrected chi connectivity index (χ3v) is 4.05. The fraction of sp³-hybridized carbons (Fsp3) is 0.571. The normalized spacial score (nSPS) is 26.6. The van der Waals surface area contributed by atoms with Crippen molar-refractivity contribution in [3.05, 3.63) is 34.9 Å². The van der Waals surface area contributed by atoms with Crippen LogP contribution in [-0.4, -0.2) is 39.0 Å². The van der Waals surface area contributed by atoms with Crippen LogP contribution >= 0.6 is 11.6 Å². The molecule has 0 bridgehead atoms. The molecule has 1 aromatic rings. The zero-order valence-corrected chi connectivity index (χ0v) is 11.1. The molecular formula is C14H18ClNO2. The van der Waals surface area contributed by atoms with E-state index in [-0.39, 0.29) is 11.5 Å². The average molecular weight is 268 g/mol. The standard InChI is InChI=1S/C14H18ClNO2/c15-12-3-1-2-11(6-12)14(9-17-10-14)7-13-8-16-4-5-18-13/h1-3,6,13,16H,4-5,7-10H2. The molecule has 2 aliphatic heterocycles. The Morgan fingerprint density at radius 2 is 2.28 bits per heavy atom. The maximum atomic E-state index is 6.09. The predicted octanol–water partition coefficient (Wildman–Crippen LogP) is 1.99. The summed E-state index contributed by atoms with van der Waals surface area (Å²) in [5.74, 6) is 0. The van der Waals surface area contributed by atoms with Crippen molar-refractivity contribution >= 4 is 11.6 Å². The van der Waals surface area contributed by atoms with Crippen molar-refractivity contribution in [3.8, 4) is 0 Å². The topological polar surface area (TPSA) is 30.5 Å². The molecule has 98 valence electrons. The zero-order valence-electron chi connectivity index (χ0n) is 10.3. The first-order valence-electron chi connectivity index (χ1n) is 6.45. The zero-order chi connectivity index (χ0) is 12.4. The fourth-order valence-electron chi connectivity index (χ4n) is 2.76. The van der Waals surface area contributed by atoms with E-state index in [1.54, 1.807) is 0 Å². The van der Waals surface area contributed by atoms with Crippen LogP contribution in [0.15, 0.2) is 24.3 Å². The van der Waals surface area contributed by atoms with E-state index >= 15 is 0 Å². The van der Waals surface area contributed by atoms with Gasteiger partial charge in [0.25, 0.3) is 0 Å². The second kappa shape index (κ2) is 5.17. The Morgan fingerprint density at radius 3 is 2.89 bits per heavy atom. The molecule has 2 aliphatic rings. The summed E-state index contributed by atoms with van der Waals surface area (Å²) in [5.41, 5.74) is 1.37. The van der Waals surface area contributed by atoms with Crippen LogP contribution in [-0.2, 0) is 14.9 Å². The van der Waals surface area contributed by atoms with Crippen molar-refractivity contribution in [1.29, 1.82) is 0 Å². The van der Waals surface area contributed by atoms with Gasteiger partial charge in [0.1, 0.15) is 0 Å². The highest BCUT2D eigenvalue weighted by atomic mass is 35.5. The molecule has 0 saturated carbocycles. The Bertz CT molecular complexity index is 414. The molecule has 2 fully saturated rings. The van der Waals surface area contributed by atoms with E-state index in [0.29, 0.717) is 0 Å². The van der Waals surface area contributed by atoms with E-state index in [1.807, 2.05) is 12.1 Å². The second-order valence-corrected chi connectivity index (χ2v) is 5.62. The predicted molar refractivity (Wildman–Crippen MR) is 71.2 cm³/mol. The monoisotopic (exact) mass is 267 g/mol. The Balaban J connectivity index is 1.77. The van der Waals surface area contributed by atoms with Crippen molar-refractivity contribution in [2.24, 2.45) is 0 Å². The molecule has 0 radical (unpaired) electrons. The number of nitrogens with one attached hydrogen (secondary N) is 1. The van der Waals surface area contributed by atoms with Gasteiger partial charge in [0, 0.05) is 23.5 Å². The van der Waals surface area contributed by atoms with Gasteiger partial charge in [0.05, 0.1) is 25.9 Å². The number of benzene rings is 1. The van der Waals surface area contributed by atoms with Crippen LogP contribution in [0.2, 0.25) is 5.02 Å². The lowest BCUT2D eigenvalue weighted by Crippen LogP contribution is -2.52. The molecule has 0 spiro atoms. The van der Waals surface area contributed by atoms with Gasteiger partial charge in [-0.1, -0.05) is 23.7 Å². The summed E-state index contributed by atoms with van der Waals surface area (Å²) in [6.45, 7) is 4.23. The Labute approximate surface area is 112 Å². The number of hydrogen-bond acceptors (Lipinski definition) is 3. The van der Waals surface area contributed by atoms with E-state index in [0.717, 1.165) is 44.4 Å². The number of morpholine rings is 1. The van der Waals surface area contributed by atoms with Gasteiger partial charge in [-0.05, 0) is 24.1 Å². The minimum atomic E-state index is 0.0919. The highest BCUT2D eigenvalue weighted by Crippen LogP contribution is 2.38. The molecule has 1 unspecified atom stereocenters. The maximum absolute atomic E-state index is 6.09. The van der Waals surface area contributed by atoms with Crippen LogP contribution in [0.4, 0.5) is 0 Å². The van der Waals surface area contributed by atoms with Crippen molar-refractivity contribution < 1.29 is 9.47 Å². The van der Waals surface area contributed by atoms with Crippen LogP contribution in [0.3, 0.4) is 0 Å². The van der Waals surface area contributed by atoms with E-state index in [2.05, 4.69) is 17.4 Å². The lowest BCUT2D eigenvalue weighted by molar-refractivity contribution is -0.0942. The maximum Gasteiger partial charge on any atom is 0.0710 e. The first kappa shape index (κ1) is 12.4. The highest BCUT2D eigenvalue weighted by Gasteiger charge is 2.42. The molecule has 18 heavy (non-hydrogen) atoms. The van der Waals surface area contributed by atoms with Gasteiger partial charge >= 0.3 is 0 Å². The second-order valence-electron chi connectivity index (χ2n) is 5.18. The van der Waals surface area contributed by atoms with E-state index < -0.39 is 0 Å². The molecule has 1 N–H and O–H groups in total. The summed E-state index contributed by atoms with van der Waals surface area (Å²) in [6, 6.07) is 8.12. The fourth-order valence-corrected chi connectivity index (χ4v) is 2.95. The minimum Gasteiger partial charge on any atom is -0.379 e. The molecule has 0 aromatic heterocycles. The molecule has 2 saturated heterocycles. The van der Waals surface area contributed by atoms with Gasteiger partial charge in [-0.25, -0.2) is 0 Å². The summed E-state index contributed by atoms with van der Waals surface area (Å²) >= 11 is 6.09. The first-order valence-corrected chi connectivity index (χ1v) is 6.82. The highest BCUT2D eigenvalue weighted by molar-refractivity contribution is 6.30. The van der Waals surface area contributed by atoms with Gasteiger partial charge < -0.3 is 14.8 Å². The van der Waals surface area contributed by atoms with Crippen LogP contribution < -0.4 is 5.32 Å². The number of ether oxygens (including phenoxy) is 2. The third-order valence-electron chi connectivity index (χ3n) is 3.82. The molecule has 3 nitrogen and oxygen atoms in total. The number of rotatable bonds is 3. The van der Waals surface area contributed by atoms with Gasteiger partial charge in [0.15, 0.2) is 0 Å². The molecular weight excluding hydrogens is 250 g/mol. The summed E-state index contributed by atoms with van der Waals surface area (Å²) in [4.78, 5) is 0. The van der Waals surface area contributed by atoms with E-state index in [4.69, 9.17) is 21.1 Å². The summed E-state index contributed by atoms with van der Waals surface area (Å²) < 4.78 is 11.3. The molecule has 0 amide bonds. The SMILES string of the molecule is Clc1cccc(C2(CC3CNCCO3)COC2)c1. The molecule has 1 atom stereocenters. The van der Waals surface area contributed by atoms with E-state index in [9.17, 15) is 0 Å². The molecule has 4 heteroatoms. The smallest absolute Gasteiger partial charge is 0.0710 e. The summed E-state index contributed by atoms with van der Waals surface area (Å²) in [5, 5.41) is 4.17. The number of hydrogen-bond donors (Lipinski definition) is 1. The Morgan fingerprint density at radius 1 is 1.39 bits per heavy atom. The molecule has 0 aliphatic carbocycles. The van der Waals surface area contributed by atoms with E-state index in [1.165, 1.54) is 5.56 Å². The molecule has 2 heterocycles. The van der Waals surface area contributed by atoms with Gasteiger partial charge in [-0.3, -0.25) is 0 Å². The van der Waals surface area contributed by atoms with Crippen LogP contribution in [0.25, 0.3) is 0 Å². The number of halogens is 1. The largest absolute Gasteiger partial charge is 0.379 e. The quantitative estimate of drug-likeness (QED) is 0.909. The Hall–Kier alpha value is -0.610. The van der Waals surface area contributed by atoms with Crippen molar-refractivity contribution in [2.75, 3.05) is 32.9 Å². The summed E-state index contributed by atoms with van der Waals surface area (Å²) in [7, 11) is 0. The van der Waals surface area contributed by atoms with Gasteiger partial charge in [-0.15, -0.1) is 0 Å². The lowest BCUT2D eigenvalue weighted by Gasteiger charge is -2.44. The average Bonchev–Trinajstić information content (AvgIpc) is 2.35. The van der Waals surface area contributed by atoms with Crippen molar-refractivity contribution in [3.63, 3.8) is 0 Å². The van der Waals surface area contributed by atoms with Gasteiger partial charge in [-0.2, -0.15) is 0 Å². The molecule has 3 rings (SSSR count). The third kappa shape index (κ3) is 2.41. The lowest BCUT2D eigenvalue weighted by atomic mass is 9.74. The van der Waals surface area contributed by atoms with Crippen LogP contribution in [0.5, 0.6) is 0 Å². The van der Waals surface area contributed by atoms with Crippen molar-refractivity contribution in [2.45, 2.75) is 17.9 Å².